The fourth-order valence-corrected chi connectivity index (χ4v) is 3.71. The van der Waals surface area contributed by atoms with Crippen LogP contribution in [-0.2, 0) is 18.2 Å². The second-order valence-corrected chi connectivity index (χ2v) is 7.64. The van der Waals surface area contributed by atoms with Gasteiger partial charge in [-0.15, -0.1) is 0 Å². The molecule has 1 atom stereocenters. The van der Waals surface area contributed by atoms with Gasteiger partial charge in [-0.2, -0.15) is 5.10 Å². The minimum atomic E-state index is -0.378. The Bertz CT molecular complexity index is 1180. The van der Waals surface area contributed by atoms with Crippen molar-refractivity contribution < 1.29 is 13.9 Å². The molecule has 1 aliphatic rings. The number of benzene rings is 1. The predicted molar refractivity (Wildman–Crippen MR) is 112 cm³/mol. The lowest BCUT2D eigenvalue weighted by Gasteiger charge is -2.32. The molecule has 0 saturated carbocycles. The van der Waals surface area contributed by atoms with E-state index < -0.39 is 0 Å². The molecule has 7 nitrogen and oxygen atoms in total. The third-order valence-electron chi connectivity index (χ3n) is 5.19. The molecule has 160 valence electrons. The van der Waals surface area contributed by atoms with Crippen LogP contribution in [0.4, 0.5) is 4.39 Å². The lowest BCUT2D eigenvalue weighted by atomic mass is 10.0. The van der Waals surface area contributed by atoms with E-state index in [2.05, 4.69) is 10.1 Å². The maximum absolute atomic E-state index is 13.5. The van der Waals surface area contributed by atoms with Gasteiger partial charge >= 0.3 is 0 Å². The van der Waals surface area contributed by atoms with Crippen LogP contribution in [0.3, 0.4) is 0 Å². The second kappa shape index (κ2) is 8.77. The summed E-state index contributed by atoms with van der Waals surface area (Å²) in [4.78, 5) is 30.7. The molecule has 0 bridgehead atoms. The quantitative estimate of drug-likeness (QED) is 0.645. The van der Waals surface area contributed by atoms with E-state index in [0.29, 0.717) is 26.1 Å². The highest BCUT2D eigenvalue weighted by Gasteiger charge is 2.28. The molecule has 1 amide bonds. The summed E-state index contributed by atoms with van der Waals surface area (Å²) in [5.41, 5.74) is 3.38. The number of carbonyl (C=O) groups excluding carboxylic acids is 1. The summed E-state index contributed by atoms with van der Waals surface area (Å²) in [7, 11) is 1.51. The van der Waals surface area contributed by atoms with Crippen molar-refractivity contribution in [1.29, 1.82) is 0 Å². The Balaban J connectivity index is 1.53. The smallest absolute Gasteiger partial charge is 0.274 e. The Kier molecular flexibility index (Phi) is 5.90. The molecule has 1 aliphatic heterocycles. The summed E-state index contributed by atoms with van der Waals surface area (Å²) < 4.78 is 20.6. The highest BCUT2D eigenvalue weighted by molar-refractivity contribution is 5.92. The van der Waals surface area contributed by atoms with Crippen molar-refractivity contribution in [2.75, 3.05) is 19.7 Å². The maximum atomic E-state index is 13.5. The van der Waals surface area contributed by atoms with Crippen LogP contribution in [-0.4, -0.2) is 45.3 Å². The first kappa shape index (κ1) is 20.9. The van der Waals surface area contributed by atoms with Crippen LogP contribution in [0.15, 0.2) is 53.3 Å². The summed E-state index contributed by atoms with van der Waals surface area (Å²) in [6, 6.07) is 13.2. The molecule has 3 aromatic rings. The zero-order chi connectivity index (χ0) is 22.0. The number of pyridine rings is 1. The van der Waals surface area contributed by atoms with Crippen molar-refractivity contribution in [3.63, 3.8) is 0 Å². The van der Waals surface area contributed by atoms with Crippen molar-refractivity contribution in [3.8, 4) is 0 Å². The van der Waals surface area contributed by atoms with Crippen molar-refractivity contribution in [3.05, 3.63) is 92.9 Å². The molecular formula is C23H23FN4O3. The number of rotatable bonds is 4. The lowest BCUT2D eigenvalue weighted by Crippen LogP contribution is -2.43. The van der Waals surface area contributed by atoms with Gasteiger partial charge in [0.05, 0.1) is 18.8 Å². The summed E-state index contributed by atoms with van der Waals surface area (Å²) in [5.74, 6) is -0.517. The van der Waals surface area contributed by atoms with Gasteiger partial charge in [0.25, 0.3) is 11.5 Å². The van der Waals surface area contributed by atoms with Crippen LogP contribution >= 0.6 is 0 Å². The number of hydrogen-bond donors (Lipinski definition) is 0. The van der Waals surface area contributed by atoms with E-state index in [-0.39, 0.29) is 29.1 Å². The molecule has 0 spiro atoms. The van der Waals surface area contributed by atoms with Gasteiger partial charge in [0.1, 0.15) is 17.6 Å². The van der Waals surface area contributed by atoms with Crippen molar-refractivity contribution in [2.45, 2.75) is 19.4 Å². The molecule has 0 unspecified atom stereocenters. The number of ether oxygens (including phenoxy) is 1. The van der Waals surface area contributed by atoms with Gasteiger partial charge in [-0.1, -0.05) is 12.1 Å². The van der Waals surface area contributed by atoms with Crippen LogP contribution in [0.1, 0.15) is 39.1 Å². The first-order valence-electron chi connectivity index (χ1n) is 10.1. The Hall–Kier alpha value is -3.39. The minimum Gasteiger partial charge on any atom is -0.368 e. The van der Waals surface area contributed by atoms with E-state index in [4.69, 9.17) is 4.74 Å². The number of hydrogen-bond acceptors (Lipinski definition) is 5. The molecule has 3 heterocycles. The maximum Gasteiger partial charge on any atom is 0.274 e. The van der Waals surface area contributed by atoms with Gasteiger partial charge in [0, 0.05) is 25.4 Å². The summed E-state index contributed by atoms with van der Waals surface area (Å²) >= 11 is 0. The van der Waals surface area contributed by atoms with E-state index in [9.17, 15) is 14.0 Å². The topological polar surface area (TPSA) is 77.3 Å². The summed E-state index contributed by atoms with van der Waals surface area (Å²) in [6.07, 6.45) is 0.197. The number of nitrogens with zero attached hydrogens (tertiary/aromatic N) is 4. The standard InChI is InChI=1S/C23H23FN4O3/c1-15-10-17(11-16-4-3-5-18(24)12-16)13-20(25-15)21-14-28(8-9-31-21)23(30)19-6-7-22(29)27(2)26-19/h3-7,10,12-13,21H,8-9,11,14H2,1-2H3/t21-/m1/s1. The minimum absolute atomic E-state index is 0.215. The Morgan fingerprint density at radius 1 is 1.19 bits per heavy atom. The molecule has 1 aromatic carbocycles. The van der Waals surface area contributed by atoms with E-state index >= 15 is 0 Å². The predicted octanol–water partition coefficient (Wildman–Crippen LogP) is 2.43. The number of aryl methyl sites for hydroxylation is 2. The number of morpholine rings is 1. The van der Waals surface area contributed by atoms with E-state index in [1.165, 1.54) is 31.3 Å². The van der Waals surface area contributed by atoms with Gasteiger partial charge in [-0.05, 0) is 54.8 Å². The SMILES string of the molecule is Cc1cc(Cc2cccc(F)c2)cc([C@H]2CN(C(=O)c3ccc(=O)n(C)n3)CCO2)n1. The molecule has 1 saturated heterocycles. The summed E-state index contributed by atoms with van der Waals surface area (Å²) in [6.45, 7) is 3.04. The van der Waals surface area contributed by atoms with Gasteiger partial charge < -0.3 is 9.64 Å². The molecule has 4 rings (SSSR count). The number of aromatic nitrogens is 3. The molecular weight excluding hydrogens is 399 g/mol. The highest BCUT2D eigenvalue weighted by Crippen LogP contribution is 2.24. The van der Waals surface area contributed by atoms with E-state index in [0.717, 1.165) is 27.2 Å². The normalized spacial score (nSPS) is 16.4. The largest absolute Gasteiger partial charge is 0.368 e. The molecule has 31 heavy (non-hydrogen) atoms. The third-order valence-corrected chi connectivity index (χ3v) is 5.19. The van der Waals surface area contributed by atoms with Crippen LogP contribution < -0.4 is 5.56 Å². The van der Waals surface area contributed by atoms with Crippen molar-refractivity contribution in [1.82, 2.24) is 19.7 Å². The summed E-state index contributed by atoms with van der Waals surface area (Å²) in [5, 5.41) is 4.05. The first-order chi connectivity index (χ1) is 14.9. The monoisotopic (exact) mass is 422 g/mol. The van der Waals surface area contributed by atoms with Crippen LogP contribution in [0.25, 0.3) is 0 Å². The Labute approximate surface area is 179 Å². The molecule has 0 radical (unpaired) electrons. The number of halogens is 1. The van der Waals surface area contributed by atoms with Gasteiger partial charge in [0.15, 0.2) is 0 Å². The molecule has 0 N–H and O–H groups in total. The highest BCUT2D eigenvalue weighted by atomic mass is 19.1. The average molecular weight is 422 g/mol. The fraction of sp³-hybridized carbons (Fsp3) is 0.304. The van der Waals surface area contributed by atoms with Gasteiger partial charge in [-0.3, -0.25) is 14.6 Å². The van der Waals surface area contributed by atoms with Crippen molar-refractivity contribution >= 4 is 5.91 Å². The van der Waals surface area contributed by atoms with Crippen molar-refractivity contribution in [2.24, 2.45) is 7.05 Å². The lowest BCUT2D eigenvalue weighted by molar-refractivity contribution is -0.0250. The number of carbonyl (C=O) groups is 1. The third kappa shape index (κ3) is 4.86. The average Bonchev–Trinajstić information content (AvgIpc) is 2.75. The zero-order valence-electron chi connectivity index (χ0n) is 17.4. The van der Waals surface area contributed by atoms with Crippen LogP contribution in [0.5, 0.6) is 0 Å². The zero-order valence-corrected chi connectivity index (χ0v) is 17.4. The molecule has 2 aromatic heterocycles. The Morgan fingerprint density at radius 2 is 2.03 bits per heavy atom. The van der Waals surface area contributed by atoms with Gasteiger partial charge in [-0.25, -0.2) is 9.07 Å². The fourth-order valence-electron chi connectivity index (χ4n) is 3.71. The van der Waals surface area contributed by atoms with Crippen LogP contribution in [0.2, 0.25) is 0 Å². The number of amides is 1. The second-order valence-electron chi connectivity index (χ2n) is 7.64. The Morgan fingerprint density at radius 3 is 2.81 bits per heavy atom. The molecule has 1 fully saturated rings. The van der Waals surface area contributed by atoms with Gasteiger partial charge in [0.2, 0.25) is 0 Å². The van der Waals surface area contributed by atoms with E-state index in [1.54, 1.807) is 11.0 Å². The molecule has 8 heteroatoms. The first-order valence-corrected chi connectivity index (χ1v) is 10.1. The van der Waals surface area contributed by atoms with E-state index in [1.807, 2.05) is 25.1 Å². The molecule has 0 aliphatic carbocycles. The van der Waals surface area contributed by atoms with Crippen LogP contribution in [0, 0.1) is 12.7 Å².